The number of fused-ring (bicyclic) bond motifs is 1. The van der Waals surface area contributed by atoms with Gasteiger partial charge in [-0.05, 0) is 19.8 Å². The zero-order chi connectivity index (χ0) is 19.3. The molecule has 0 radical (unpaired) electrons. The van der Waals surface area contributed by atoms with E-state index < -0.39 is 17.4 Å². The van der Waals surface area contributed by atoms with Crippen molar-refractivity contribution in [3.8, 4) is 0 Å². The zero-order valence-electron chi connectivity index (χ0n) is 15.6. The van der Waals surface area contributed by atoms with Gasteiger partial charge in [0.15, 0.2) is 22.6 Å². The van der Waals surface area contributed by atoms with Crippen LogP contribution < -0.4 is 5.73 Å². The number of hydrogen-bond acceptors (Lipinski definition) is 7. The Morgan fingerprint density at radius 2 is 2.08 bits per heavy atom. The average molecular weight is 382 g/mol. The van der Waals surface area contributed by atoms with Gasteiger partial charge in [-0.3, -0.25) is 9.36 Å². The second kappa shape index (κ2) is 6.35. The summed E-state index contributed by atoms with van der Waals surface area (Å²) in [6.45, 7) is 9.47. The molecule has 26 heavy (non-hydrogen) atoms. The summed E-state index contributed by atoms with van der Waals surface area (Å²) in [7, 11) is 0. The first kappa shape index (κ1) is 18.8. The summed E-state index contributed by atoms with van der Waals surface area (Å²) in [5.41, 5.74) is 5.29. The smallest absolute Gasteiger partial charge is 0.303 e. The minimum absolute atomic E-state index is 0.0433. The van der Waals surface area contributed by atoms with Gasteiger partial charge < -0.3 is 15.2 Å². The molecule has 2 aromatic heterocycles. The number of rotatable bonds is 4. The molecule has 1 saturated heterocycles. The Morgan fingerprint density at radius 3 is 2.65 bits per heavy atom. The second-order valence-electron chi connectivity index (χ2n) is 6.94. The van der Waals surface area contributed by atoms with Crippen molar-refractivity contribution in [3.63, 3.8) is 0 Å². The third-order valence-electron chi connectivity index (χ3n) is 5.70. The molecule has 3 rings (SSSR count). The van der Waals surface area contributed by atoms with Gasteiger partial charge in [0.25, 0.3) is 0 Å². The summed E-state index contributed by atoms with van der Waals surface area (Å²) in [6.07, 6.45) is 2.52. The highest BCUT2D eigenvalue weighted by molar-refractivity contribution is 6.33. The minimum atomic E-state index is -0.905. The fourth-order valence-electron chi connectivity index (χ4n) is 4.06. The Balaban J connectivity index is 2.20. The molecule has 2 N–H and O–H groups in total. The Morgan fingerprint density at radius 1 is 1.42 bits per heavy atom. The van der Waals surface area contributed by atoms with E-state index in [1.165, 1.54) is 6.92 Å². The minimum Gasteiger partial charge on any atom is -0.454 e. The molecule has 9 heteroatoms. The number of esters is 1. The SMILES string of the molecule is CCC1(CC)O[C@@H](n2cnc3c(Cl)nc(N)nc32)[C@](C)(OC(C)=O)[C@@H]1C. The van der Waals surface area contributed by atoms with Gasteiger partial charge in [-0.1, -0.05) is 32.4 Å². The standard InChI is InChI=1S/C17H24ClN5O3/c1-6-17(7-2)9(3)16(5,25-10(4)24)14(26-17)23-8-20-11-12(18)21-15(19)22-13(11)23/h8-9,14H,6-7H2,1-5H3,(H2,19,21,22)/t9-,14+,16+/m0/s1. The Kier molecular flexibility index (Phi) is 4.60. The van der Waals surface area contributed by atoms with Crippen LogP contribution in [0.3, 0.4) is 0 Å². The molecule has 0 bridgehead atoms. The molecule has 142 valence electrons. The maximum Gasteiger partial charge on any atom is 0.303 e. The van der Waals surface area contributed by atoms with E-state index in [0.29, 0.717) is 11.2 Å². The lowest BCUT2D eigenvalue weighted by molar-refractivity contribution is -0.171. The second-order valence-corrected chi connectivity index (χ2v) is 7.30. The molecule has 1 aliphatic rings. The Hall–Kier alpha value is -1.93. The molecule has 0 unspecified atom stereocenters. The fourth-order valence-corrected chi connectivity index (χ4v) is 4.28. The maximum absolute atomic E-state index is 11.9. The van der Waals surface area contributed by atoms with E-state index in [9.17, 15) is 4.79 Å². The molecule has 2 aromatic rings. The highest BCUT2D eigenvalue weighted by Gasteiger charge is 2.61. The van der Waals surface area contributed by atoms with Crippen molar-refractivity contribution >= 4 is 34.7 Å². The van der Waals surface area contributed by atoms with Crippen LogP contribution in [-0.4, -0.2) is 36.7 Å². The van der Waals surface area contributed by atoms with Crippen LogP contribution in [0.25, 0.3) is 11.2 Å². The van der Waals surface area contributed by atoms with Gasteiger partial charge in [-0.15, -0.1) is 0 Å². The number of ether oxygens (including phenoxy) is 2. The predicted octanol–water partition coefficient (Wildman–Crippen LogP) is 3.11. The molecular formula is C17H24ClN5O3. The number of halogens is 1. The molecular weight excluding hydrogens is 358 g/mol. The number of anilines is 1. The van der Waals surface area contributed by atoms with Gasteiger partial charge in [-0.2, -0.15) is 9.97 Å². The van der Waals surface area contributed by atoms with Crippen LogP contribution >= 0.6 is 11.6 Å². The van der Waals surface area contributed by atoms with Crippen molar-refractivity contribution in [1.82, 2.24) is 19.5 Å². The number of imidazole rings is 1. The first-order valence-electron chi connectivity index (χ1n) is 8.71. The van der Waals surface area contributed by atoms with E-state index in [2.05, 4.69) is 28.8 Å². The van der Waals surface area contributed by atoms with Gasteiger partial charge >= 0.3 is 5.97 Å². The molecule has 3 atom stereocenters. The molecule has 0 aromatic carbocycles. The van der Waals surface area contributed by atoms with Gasteiger partial charge in [0.2, 0.25) is 5.95 Å². The van der Waals surface area contributed by atoms with Crippen LogP contribution in [0.15, 0.2) is 6.33 Å². The Labute approximate surface area is 157 Å². The summed E-state index contributed by atoms with van der Waals surface area (Å²) in [5, 5.41) is 0.170. The van der Waals surface area contributed by atoms with Crippen LogP contribution in [0.1, 0.15) is 53.7 Å². The zero-order valence-corrected chi connectivity index (χ0v) is 16.4. The van der Waals surface area contributed by atoms with Crippen LogP contribution in [-0.2, 0) is 14.3 Å². The normalized spacial score (nSPS) is 27.8. The van der Waals surface area contributed by atoms with Gasteiger partial charge in [-0.25, -0.2) is 4.98 Å². The van der Waals surface area contributed by atoms with Crippen LogP contribution in [0.4, 0.5) is 5.95 Å². The molecule has 0 amide bonds. The van der Waals surface area contributed by atoms with Gasteiger partial charge in [0.05, 0.1) is 11.9 Å². The summed E-state index contributed by atoms with van der Waals surface area (Å²) >= 11 is 6.14. The van der Waals surface area contributed by atoms with E-state index in [1.807, 2.05) is 13.8 Å². The van der Waals surface area contributed by atoms with E-state index in [1.54, 1.807) is 10.9 Å². The molecule has 1 aliphatic heterocycles. The molecule has 3 heterocycles. The number of nitrogens with zero attached hydrogens (tertiary/aromatic N) is 4. The average Bonchev–Trinajstić information content (AvgIpc) is 3.06. The van der Waals surface area contributed by atoms with Gasteiger partial charge in [0, 0.05) is 12.8 Å². The lowest BCUT2D eigenvalue weighted by Gasteiger charge is -2.35. The number of carbonyl (C=O) groups excluding carboxylic acids is 1. The van der Waals surface area contributed by atoms with Crippen molar-refractivity contribution in [2.24, 2.45) is 5.92 Å². The third kappa shape index (κ3) is 2.63. The van der Waals surface area contributed by atoms with E-state index in [4.69, 9.17) is 26.8 Å². The summed E-state index contributed by atoms with van der Waals surface area (Å²) < 4.78 is 14.0. The quantitative estimate of drug-likeness (QED) is 0.640. The summed E-state index contributed by atoms with van der Waals surface area (Å²) in [5.74, 6) is -0.375. The maximum atomic E-state index is 11.9. The topological polar surface area (TPSA) is 105 Å². The largest absolute Gasteiger partial charge is 0.454 e. The monoisotopic (exact) mass is 381 g/mol. The van der Waals surface area contributed by atoms with Crippen LogP contribution in [0.2, 0.25) is 5.15 Å². The lowest BCUT2D eigenvalue weighted by Crippen LogP contribution is -2.45. The van der Waals surface area contributed by atoms with Crippen molar-refractivity contribution in [2.45, 2.75) is 64.9 Å². The van der Waals surface area contributed by atoms with Gasteiger partial charge in [0.1, 0.15) is 5.52 Å². The van der Waals surface area contributed by atoms with Crippen molar-refractivity contribution < 1.29 is 14.3 Å². The first-order valence-corrected chi connectivity index (χ1v) is 9.09. The molecule has 0 aliphatic carbocycles. The van der Waals surface area contributed by atoms with Crippen molar-refractivity contribution in [3.05, 3.63) is 11.5 Å². The molecule has 0 saturated carbocycles. The lowest BCUT2D eigenvalue weighted by atomic mass is 9.76. The molecule has 1 fully saturated rings. The fraction of sp³-hybridized carbons (Fsp3) is 0.647. The first-order chi connectivity index (χ1) is 12.2. The Bertz CT molecular complexity index is 850. The summed E-state index contributed by atoms with van der Waals surface area (Å²) in [4.78, 5) is 24.4. The highest BCUT2D eigenvalue weighted by atomic mass is 35.5. The van der Waals surface area contributed by atoms with Crippen molar-refractivity contribution in [1.29, 1.82) is 0 Å². The van der Waals surface area contributed by atoms with Crippen LogP contribution in [0.5, 0.6) is 0 Å². The summed E-state index contributed by atoms with van der Waals surface area (Å²) in [6, 6.07) is 0. The third-order valence-corrected chi connectivity index (χ3v) is 5.96. The predicted molar refractivity (Wildman–Crippen MR) is 97.5 cm³/mol. The molecule has 0 spiro atoms. The van der Waals surface area contributed by atoms with E-state index in [0.717, 1.165) is 12.8 Å². The molecule has 8 nitrogen and oxygen atoms in total. The van der Waals surface area contributed by atoms with Crippen LogP contribution in [0, 0.1) is 5.92 Å². The number of hydrogen-bond donors (Lipinski definition) is 1. The number of nitrogen functional groups attached to an aromatic ring is 1. The number of aromatic nitrogens is 4. The number of nitrogens with two attached hydrogens (primary N) is 1. The van der Waals surface area contributed by atoms with E-state index >= 15 is 0 Å². The van der Waals surface area contributed by atoms with Crippen molar-refractivity contribution in [2.75, 3.05) is 5.73 Å². The van der Waals surface area contributed by atoms with E-state index in [-0.39, 0.29) is 23.0 Å². The number of carbonyl (C=O) groups is 1. The highest BCUT2D eigenvalue weighted by Crippen LogP contribution is 2.53.